The Balaban J connectivity index is 4.10. The van der Waals surface area contributed by atoms with Gasteiger partial charge in [-0.25, -0.2) is 0 Å². The van der Waals surface area contributed by atoms with Crippen LogP contribution in [0.3, 0.4) is 0 Å². The lowest BCUT2D eigenvalue weighted by Gasteiger charge is -2.29. The first kappa shape index (κ1) is 15.2. The van der Waals surface area contributed by atoms with E-state index < -0.39 is 0 Å². The molecule has 0 radical (unpaired) electrons. The largest absolute Gasteiger partial charge is 0.356 e. The molecule has 0 heterocycles. The van der Waals surface area contributed by atoms with Crippen molar-refractivity contribution < 1.29 is 0 Å². The average Bonchev–Trinajstić information content (AvgIpc) is 2.09. The van der Waals surface area contributed by atoms with Crippen molar-refractivity contribution in [1.82, 2.24) is 15.5 Å². The van der Waals surface area contributed by atoms with Gasteiger partial charge in [-0.3, -0.25) is 4.99 Å². The van der Waals surface area contributed by atoms with Gasteiger partial charge in [0.05, 0.1) is 0 Å². The van der Waals surface area contributed by atoms with Crippen molar-refractivity contribution in [2.24, 2.45) is 10.4 Å². The maximum atomic E-state index is 4.19. The van der Waals surface area contributed by atoms with E-state index in [1.807, 2.05) is 0 Å². The van der Waals surface area contributed by atoms with Crippen LogP contribution < -0.4 is 10.6 Å². The van der Waals surface area contributed by atoms with Gasteiger partial charge in [0.2, 0.25) is 0 Å². The lowest BCUT2D eigenvalue weighted by Crippen LogP contribution is -2.46. The first-order chi connectivity index (χ1) is 7.26. The maximum Gasteiger partial charge on any atom is 0.191 e. The van der Waals surface area contributed by atoms with Gasteiger partial charge in [-0.1, -0.05) is 13.8 Å². The Bertz CT molecular complexity index is 219. The van der Waals surface area contributed by atoms with Crippen molar-refractivity contribution in [2.75, 3.05) is 34.2 Å². The van der Waals surface area contributed by atoms with Crippen molar-refractivity contribution >= 4 is 5.96 Å². The highest BCUT2D eigenvalue weighted by molar-refractivity contribution is 5.79. The van der Waals surface area contributed by atoms with Crippen LogP contribution in [0.5, 0.6) is 0 Å². The molecular formula is C12H28N4. The second-order valence-corrected chi connectivity index (χ2v) is 5.63. The Hall–Kier alpha value is -0.770. The van der Waals surface area contributed by atoms with Crippen LogP contribution in [-0.4, -0.2) is 51.1 Å². The lowest BCUT2D eigenvalue weighted by molar-refractivity contribution is 0.241. The molecule has 0 aliphatic rings. The average molecular weight is 228 g/mol. The number of hydrogen-bond donors (Lipinski definition) is 2. The second kappa shape index (κ2) is 6.74. The molecule has 0 aromatic heterocycles. The summed E-state index contributed by atoms with van der Waals surface area (Å²) in [4.78, 5) is 6.40. The fourth-order valence-corrected chi connectivity index (χ4v) is 1.70. The third-order valence-electron chi connectivity index (χ3n) is 2.13. The van der Waals surface area contributed by atoms with Gasteiger partial charge in [-0.05, 0) is 33.4 Å². The summed E-state index contributed by atoms with van der Waals surface area (Å²) in [5, 5.41) is 6.64. The van der Waals surface area contributed by atoms with Gasteiger partial charge in [-0.15, -0.1) is 0 Å². The number of guanidine groups is 1. The quantitative estimate of drug-likeness (QED) is 0.548. The Morgan fingerprint density at radius 3 is 2.25 bits per heavy atom. The van der Waals surface area contributed by atoms with E-state index in [9.17, 15) is 0 Å². The second-order valence-electron chi connectivity index (χ2n) is 5.63. The van der Waals surface area contributed by atoms with Crippen LogP contribution in [0.2, 0.25) is 0 Å². The van der Waals surface area contributed by atoms with Gasteiger partial charge in [0, 0.05) is 26.2 Å². The molecule has 0 amide bonds. The predicted molar refractivity (Wildman–Crippen MR) is 72.0 cm³/mol. The third-order valence-corrected chi connectivity index (χ3v) is 2.13. The van der Waals surface area contributed by atoms with E-state index in [0.717, 1.165) is 19.0 Å². The molecule has 4 nitrogen and oxygen atoms in total. The zero-order chi connectivity index (χ0) is 12.8. The van der Waals surface area contributed by atoms with E-state index in [-0.39, 0.29) is 5.41 Å². The van der Waals surface area contributed by atoms with Crippen LogP contribution in [-0.2, 0) is 0 Å². The zero-order valence-electron chi connectivity index (χ0n) is 11.9. The van der Waals surface area contributed by atoms with Gasteiger partial charge in [-0.2, -0.15) is 0 Å². The highest BCUT2D eigenvalue weighted by Crippen LogP contribution is 2.13. The van der Waals surface area contributed by atoms with Crippen molar-refractivity contribution in [3.8, 4) is 0 Å². The topological polar surface area (TPSA) is 39.7 Å². The number of aliphatic imine (C=N–C) groups is 1. The summed E-state index contributed by atoms with van der Waals surface area (Å²) < 4.78 is 0. The van der Waals surface area contributed by atoms with E-state index in [4.69, 9.17) is 0 Å². The molecule has 0 atom stereocenters. The molecule has 2 N–H and O–H groups in total. The molecule has 16 heavy (non-hydrogen) atoms. The number of rotatable bonds is 5. The molecule has 0 saturated heterocycles. The molecule has 0 bridgehead atoms. The monoisotopic (exact) mass is 228 g/mol. The highest BCUT2D eigenvalue weighted by atomic mass is 15.2. The Morgan fingerprint density at radius 1 is 1.31 bits per heavy atom. The summed E-state index contributed by atoms with van der Waals surface area (Å²) in [6.07, 6.45) is 0. The van der Waals surface area contributed by atoms with Gasteiger partial charge in [0.1, 0.15) is 0 Å². The summed E-state index contributed by atoms with van der Waals surface area (Å²) >= 11 is 0. The summed E-state index contributed by atoms with van der Waals surface area (Å²) in [7, 11) is 6.00. The number of nitrogens with zero attached hydrogens (tertiary/aromatic N) is 2. The minimum absolute atomic E-state index is 0.234. The minimum Gasteiger partial charge on any atom is -0.356 e. The first-order valence-corrected chi connectivity index (χ1v) is 5.89. The molecule has 4 heteroatoms. The van der Waals surface area contributed by atoms with Crippen molar-refractivity contribution in [2.45, 2.75) is 33.7 Å². The van der Waals surface area contributed by atoms with Crippen LogP contribution in [0.25, 0.3) is 0 Å². The molecule has 0 aromatic carbocycles. The molecule has 96 valence electrons. The van der Waals surface area contributed by atoms with Crippen LogP contribution in [0.4, 0.5) is 0 Å². The van der Waals surface area contributed by atoms with Crippen molar-refractivity contribution in [3.63, 3.8) is 0 Å². The van der Waals surface area contributed by atoms with E-state index in [1.165, 1.54) is 0 Å². The molecular weight excluding hydrogens is 200 g/mol. The van der Waals surface area contributed by atoms with Crippen LogP contribution in [0.15, 0.2) is 4.99 Å². The number of nitrogens with one attached hydrogen (secondary N) is 2. The summed E-state index contributed by atoms with van der Waals surface area (Å²) in [5.41, 5.74) is 0.234. The van der Waals surface area contributed by atoms with Crippen LogP contribution in [0.1, 0.15) is 27.7 Å². The van der Waals surface area contributed by atoms with Crippen molar-refractivity contribution in [3.05, 3.63) is 0 Å². The van der Waals surface area contributed by atoms with Crippen LogP contribution in [0, 0.1) is 5.41 Å². The SMILES string of the molecule is CN=C(NCC(C)(C)CN(C)C)NC(C)C. The van der Waals surface area contributed by atoms with Gasteiger partial charge < -0.3 is 15.5 Å². The van der Waals surface area contributed by atoms with E-state index in [1.54, 1.807) is 7.05 Å². The smallest absolute Gasteiger partial charge is 0.191 e. The molecule has 0 unspecified atom stereocenters. The Kier molecular flexibility index (Phi) is 6.41. The van der Waals surface area contributed by atoms with Crippen molar-refractivity contribution in [1.29, 1.82) is 0 Å². The molecule has 0 rings (SSSR count). The zero-order valence-corrected chi connectivity index (χ0v) is 11.9. The summed E-state index contributed by atoms with van der Waals surface area (Å²) in [5.74, 6) is 0.877. The minimum atomic E-state index is 0.234. The summed E-state index contributed by atoms with van der Waals surface area (Å²) in [6, 6.07) is 0.406. The van der Waals surface area contributed by atoms with E-state index in [0.29, 0.717) is 6.04 Å². The standard InChI is InChI=1S/C12H28N4/c1-10(2)15-11(13-5)14-8-12(3,4)9-16(6)7/h10H,8-9H2,1-7H3,(H2,13,14,15). The number of hydrogen-bond acceptors (Lipinski definition) is 2. The third kappa shape index (κ3) is 7.51. The Morgan fingerprint density at radius 2 is 1.88 bits per heavy atom. The fourth-order valence-electron chi connectivity index (χ4n) is 1.70. The maximum absolute atomic E-state index is 4.19. The molecule has 0 spiro atoms. The predicted octanol–water partition coefficient (Wildman–Crippen LogP) is 1.15. The molecule has 0 saturated carbocycles. The van der Waals surface area contributed by atoms with Crippen LogP contribution >= 0.6 is 0 Å². The van der Waals surface area contributed by atoms with E-state index >= 15 is 0 Å². The molecule has 0 aliphatic carbocycles. The summed E-state index contributed by atoms with van der Waals surface area (Å²) in [6.45, 7) is 10.7. The Labute approximate surface area is 101 Å². The van der Waals surface area contributed by atoms with E-state index in [2.05, 4.69) is 62.3 Å². The molecule has 0 fully saturated rings. The first-order valence-electron chi connectivity index (χ1n) is 5.89. The van der Waals surface area contributed by atoms with Gasteiger partial charge in [0.15, 0.2) is 5.96 Å². The molecule has 0 aliphatic heterocycles. The van der Waals surface area contributed by atoms with Gasteiger partial charge in [0.25, 0.3) is 0 Å². The lowest BCUT2D eigenvalue weighted by atomic mass is 9.93. The normalized spacial score (nSPS) is 13.4. The molecule has 0 aromatic rings. The van der Waals surface area contributed by atoms with Gasteiger partial charge >= 0.3 is 0 Å². The fraction of sp³-hybridized carbons (Fsp3) is 0.917. The highest BCUT2D eigenvalue weighted by Gasteiger charge is 2.19.